The first-order valence-corrected chi connectivity index (χ1v) is 4.98. The summed E-state index contributed by atoms with van der Waals surface area (Å²) in [5.41, 5.74) is -0.541. The predicted molar refractivity (Wildman–Crippen MR) is 58.3 cm³/mol. The van der Waals surface area contributed by atoms with Gasteiger partial charge in [-0.15, -0.1) is 0 Å². The monoisotopic (exact) mass is 236 g/mol. The maximum atomic E-state index is 12.8. The highest BCUT2D eigenvalue weighted by atomic mass is 19.1. The van der Waals surface area contributed by atoms with Crippen LogP contribution >= 0.6 is 0 Å². The number of pyridine rings is 2. The summed E-state index contributed by atoms with van der Waals surface area (Å²) in [5, 5.41) is 0.150. The summed E-state index contributed by atoms with van der Waals surface area (Å²) in [4.78, 5) is 29.4. The maximum Gasteiger partial charge on any atom is 0.343 e. The number of halogens is 1. The van der Waals surface area contributed by atoms with Crippen LogP contribution in [0.1, 0.15) is 17.3 Å². The van der Waals surface area contributed by atoms with E-state index in [9.17, 15) is 14.0 Å². The molecule has 0 saturated carbocycles. The minimum Gasteiger partial charge on any atom is -0.462 e. The van der Waals surface area contributed by atoms with E-state index in [1.54, 1.807) is 6.92 Å². The third kappa shape index (κ3) is 2.01. The number of aromatic nitrogens is 2. The quantitative estimate of drug-likeness (QED) is 0.629. The number of fused-ring (bicyclic) bond motifs is 1. The molecule has 0 radical (unpaired) electrons. The first-order chi connectivity index (χ1) is 8.13. The van der Waals surface area contributed by atoms with Crippen molar-refractivity contribution in [2.75, 3.05) is 6.61 Å². The van der Waals surface area contributed by atoms with Gasteiger partial charge in [-0.2, -0.15) is 4.39 Å². The zero-order valence-corrected chi connectivity index (χ0v) is 8.99. The van der Waals surface area contributed by atoms with Crippen LogP contribution in [0, 0.1) is 5.95 Å². The van der Waals surface area contributed by atoms with Crippen molar-refractivity contribution in [1.29, 1.82) is 0 Å². The first-order valence-electron chi connectivity index (χ1n) is 4.98. The number of rotatable bonds is 2. The highest BCUT2D eigenvalue weighted by Gasteiger charge is 2.14. The SMILES string of the molecule is CCOC(=O)c1c[nH]c2nc(F)ccc2c1=O. The summed E-state index contributed by atoms with van der Waals surface area (Å²) in [6, 6.07) is 2.34. The number of carbonyl (C=O) groups excluding carboxylic acids is 1. The molecule has 0 bridgehead atoms. The van der Waals surface area contributed by atoms with Gasteiger partial charge < -0.3 is 9.72 Å². The second kappa shape index (κ2) is 4.32. The Bertz CT molecular complexity index is 636. The van der Waals surface area contributed by atoms with Crippen LogP contribution in [0.4, 0.5) is 4.39 Å². The molecule has 0 unspecified atom stereocenters. The molecule has 0 amide bonds. The van der Waals surface area contributed by atoms with E-state index in [1.807, 2.05) is 0 Å². The van der Waals surface area contributed by atoms with Crippen LogP contribution in [0.5, 0.6) is 0 Å². The number of carbonyl (C=O) groups is 1. The second-order valence-corrected chi connectivity index (χ2v) is 3.28. The van der Waals surface area contributed by atoms with Crippen LogP contribution in [-0.2, 0) is 4.74 Å². The predicted octanol–water partition coefficient (Wildman–Crippen LogP) is 1.24. The van der Waals surface area contributed by atoms with Crippen molar-refractivity contribution in [3.05, 3.63) is 40.1 Å². The number of aromatic amines is 1. The normalized spacial score (nSPS) is 10.5. The summed E-state index contributed by atoms with van der Waals surface area (Å²) in [6.45, 7) is 1.82. The Morgan fingerprint density at radius 1 is 1.53 bits per heavy atom. The van der Waals surface area contributed by atoms with Crippen LogP contribution in [-0.4, -0.2) is 22.5 Å². The van der Waals surface area contributed by atoms with Crippen molar-refractivity contribution in [1.82, 2.24) is 9.97 Å². The van der Waals surface area contributed by atoms with Gasteiger partial charge in [0, 0.05) is 6.20 Å². The first kappa shape index (κ1) is 11.3. The Balaban J connectivity index is 2.62. The fraction of sp³-hybridized carbons (Fsp3) is 0.182. The molecule has 0 saturated heterocycles. The van der Waals surface area contributed by atoms with Gasteiger partial charge in [-0.25, -0.2) is 9.78 Å². The summed E-state index contributed by atoms with van der Waals surface area (Å²) in [6.07, 6.45) is 1.18. The lowest BCUT2D eigenvalue weighted by Crippen LogP contribution is -2.18. The van der Waals surface area contributed by atoms with Crippen LogP contribution in [0.15, 0.2) is 23.1 Å². The van der Waals surface area contributed by atoms with E-state index >= 15 is 0 Å². The van der Waals surface area contributed by atoms with Crippen molar-refractivity contribution >= 4 is 17.0 Å². The van der Waals surface area contributed by atoms with Crippen molar-refractivity contribution in [3.63, 3.8) is 0 Å². The molecule has 0 aliphatic heterocycles. The molecule has 6 heteroatoms. The molecular weight excluding hydrogens is 227 g/mol. The average molecular weight is 236 g/mol. The lowest BCUT2D eigenvalue weighted by molar-refractivity contribution is 0.0524. The van der Waals surface area contributed by atoms with E-state index in [4.69, 9.17) is 4.74 Å². The smallest absolute Gasteiger partial charge is 0.343 e. The van der Waals surface area contributed by atoms with E-state index in [2.05, 4.69) is 9.97 Å². The lowest BCUT2D eigenvalue weighted by Gasteiger charge is -2.02. The van der Waals surface area contributed by atoms with Crippen molar-refractivity contribution in [2.24, 2.45) is 0 Å². The molecule has 17 heavy (non-hydrogen) atoms. The van der Waals surface area contributed by atoms with Gasteiger partial charge in [0.1, 0.15) is 11.2 Å². The summed E-state index contributed by atoms with van der Waals surface area (Å²) in [7, 11) is 0. The average Bonchev–Trinajstić information content (AvgIpc) is 2.29. The molecule has 1 N–H and O–H groups in total. The van der Waals surface area contributed by atoms with Crippen LogP contribution in [0.25, 0.3) is 11.0 Å². The fourth-order valence-electron chi connectivity index (χ4n) is 1.44. The number of hydrogen-bond donors (Lipinski definition) is 1. The molecule has 2 rings (SSSR count). The summed E-state index contributed by atoms with van der Waals surface area (Å²) < 4.78 is 17.6. The number of hydrogen-bond acceptors (Lipinski definition) is 4. The van der Waals surface area contributed by atoms with Crippen LogP contribution < -0.4 is 5.43 Å². The van der Waals surface area contributed by atoms with Crippen LogP contribution in [0.3, 0.4) is 0 Å². The maximum absolute atomic E-state index is 12.8. The molecule has 88 valence electrons. The topological polar surface area (TPSA) is 72.1 Å². The number of esters is 1. The van der Waals surface area contributed by atoms with E-state index in [0.717, 1.165) is 6.07 Å². The van der Waals surface area contributed by atoms with Gasteiger partial charge in [-0.05, 0) is 19.1 Å². The highest BCUT2D eigenvalue weighted by molar-refractivity contribution is 5.92. The molecule has 2 aromatic heterocycles. The van der Waals surface area contributed by atoms with Gasteiger partial charge in [-0.3, -0.25) is 4.79 Å². The third-order valence-electron chi connectivity index (χ3n) is 2.20. The van der Waals surface area contributed by atoms with E-state index in [0.29, 0.717) is 0 Å². The zero-order chi connectivity index (χ0) is 12.4. The Morgan fingerprint density at radius 3 is 3.00 bits per heavy atom. The van der Waals surface area contributed by atoms with Gasteiger partial charge in [0.25, 0.3) is 0 Å². The molecule has 2 aromatic rings. The molecule has 0 aromatic carbocycles. The van der Waals surface area contributed by atoms with Crippen molar-refractivity contribution in [2.45, 2.75) is 6.92 Å². The molecule has 0 spiro atoms. The van der Waals surface area contributed by atoms with E-state index in [-0.39, 0.29) is 23.2 Å². The summed E-state index contributed by atoms with van der Waals surface area (Å²) >= 11 is 0. The fourth-order valence-corrected chi connectivity index (χ4v) is 1.44. The molecule has 5 nitrogen and oxygen atoms in total. The van der Waals surface area contributed by atoms with Gasteiger partial charge in [0.2, 0.25) is 11.4 Å². The Hall–Kier alpha value is -2.24. The zero-order valence-electron chi connectivity index (χ0n) is 8.99. The van der Waals surface area contributed by atoms with Crippen LogP contribution in [0.2, 0.25) is 0 Å². The molecule has 0 aliphatic carbocycles. The van der Waals surface area contributed by atoms with Gasteiger partial charge in [0.15, 0.2) is 0 Å². The standard InChI is InChI=1S/C11H9FN2O3/c1-2-17-11(16)7-5-13-10-6(9(7)15)3-4-8(12)14-10/h3-5H,2H2,1H3,(H,13,14,15). The van der Waals surface area contributed by atoms with Gasteiger partial charge >= 0.3 is 5.97 Å². The van der Waals surface area contributed by atoms with Crippen molar-refractivity contribution in [3.8, 4) is 0 Å². The number of nitrogens with one attached hydrogen (secondary N) is 1. The number of H-pyrrole nitrogens is 1. The van der Waals surface area contributed by atoms with Gasteiger partial charge in [0.05, 0.1) is 12.0 Å². The Morgan fingerprint density at radius 2 is 2.29 bits per heavy atom. The molecule has 0 aliphatic rings. The van der Waals surface area contributed by atoms with Gasteiger partial charge in [-0.1, -0.05) is 0 Å². The summed E-state index contributed by atoms with van der Waals surface area (Å²) in [5.74, 6) is -1.41. The number of nitrogens with zero attached hydrogens (tertiary/aromatic N) is 1. The van der Waals surface area contributed by atoms with Crippen molar-refractivity contribution < 1.29 is 13.9 Å². The molecule has 0 fully saturated rings. The Labute approximate surface area is 95.2 Å². The number of ether oxygens (including phenoxy) is 1. The Kier molecular flexibility index (Phi) is 2.86. The lowest BCUT2D eigenvalue weighted by atomic mass is 10.2. The third-order valence-corrected chi connectivity index (χ3v) is 2.20. The molecule has 0 atom stereocenters. The minimum absolute atomic E-state index is 0.100. The minimum atomic E-state index is -0.708. The van der Waals surface area contributed by atoms with E-state index in [1.165, 1.54) is 12.3 Å². The highest BCUT2D eigenvalue weighted by Crippen LogP contribution is 2.06. The van der Waals surface area contributed by atoms with E-state index < -0.39 is 17.3 Å². The second-order valence-electron chi connectivity index (χ2n) is 3.28. The largest absolute Gasteiger partial charge is 0.462 e. The molecule has 2 heterocycles. The molecular formula is C11H9FN2O3.